The molecule has 0 aromatic rings. The van der Waals surface area contributed by atoms with Crippen molar-refractivity contribution in [1.82, 2.24) is 0 Å². The maximum absolute atomic E-state index is 12.3. The Morgan fingerprint density at radius 2 is 1.78 bits per heavy atom. The lowest BCUT2D eigenvalue weighted by atomic mass is 10.1. The Morgan fingerprint density at radius 1 is 1.19 bits per heavy atom. The van der Waals surface area contributed by atoms with Gasteiger partial charge in [0.25, 0.3) is 0 Å². The Labute approximate surface area is 188 Å². The third-order valence-electron chi connectivity index (χ3n) is 4.89. The molecule has 0 bridgehead atoms. The molecule has 0 aromatic carbocycles. The first-order chi connectivity index (χ1) is 15.0. The molecule has 2 aliphatic heterocycles. The van der Waals surface area contributed by atoms with Gasteiger partial charge in [-0.05, 0) is 13.8 Å². The number of carbonyl (C=O) groups is 2. The second kappa shape index (κ2) is 11.9. The van der Waals surface area contributed by atoms with Crippen molar-refractivity contribution in [2.24, 2.45) is 5.92 Å². The first kappa shape index (κ1) is 27.2. The molecule has 2 unspecified atom stereocenters. The summed E-state index contributed by atoms with van der Waals surface area (Å²) < 4.78 is 58.8. The number of aliphatic hydroxyl groups excluding tert-OH is 3. The summed E-state index contributed by atoms with van der Waals surface area (Å²) in [6.07, 6.45) is -6.44. The van der Waals surface area contributed by atoms with E-state index >= 15 is 0 Å². The summed E-state index contributed by atoms with van der Waals surface area (Å²) in [6.45, 7) is 2.01. The SMILES string of the molecule is CCOC(=O)C(C(=O)OCC)C1OC[C@H](OS(=O)(=O)[O-])[C@@H](C[S+]2C[C@@H](O)[C@H](O)[C@H]2CO)O1. The minimum Gasteiger partial charge on any atom is -0.726 e. The van der Waals surface area contributed by atoms with Gasteiger partial charge < -0.3 is 38.8 Å². The first-order valence-electron chi connectivity index (χ1n) is 9.90. The van der Waals surface area contributed by atoms with Crippen molar-refractivity contribution >= 4 is 33.2 Å². The summed E-state index contributed by atoms with van der Waals surface area (Å²) >= 11 is 0. The first-order valence-corrected chi connectivity index (χ1v) is 12.9. The molecule has 0 saturated carbocycles. The van der Waals surface area contributed by atoms with Crippen molar-refractivity contribution in [2.45, 2.75) is 49.8 Å². The standard InChI is InChI=1S/C17H28O13S2/c1-3-26-15(21)13(16(22)27-4-2)17-28-6-10(30-32(23,24)25)11(29-17)8-31-7-9(19)14(20)12(31)5-18/h9-14,17-20H,3-8H2,1-2H3/t9-,10+,11-,12-,14+,17?,31?/m1/s1. The molecule has 2 aliphatic rings. The van der Waals surface area contributed by atoms with Crippen LogP contribution in [0.3, 0.4) is 0 Å². The summed E-state index contributed by atoms with van der Waals surface area (Å²) in [6, 6.07) is 0. The topological polar surface area (TPSA) is 198 Å². The Kier molecular flexibility index (Phi) is 10.1. The molecular weight excluding hydrogens is 476 g/mol. The van der Waals surface area contributed by atoms with Gasteiger partial charge in [-0.15, -0.1) is 0 Å². The number of hydrogen-bond acceptors (Lipinski definition) is 13. The molecule has 2 fully saturated rings. The average molecular weight is 505 g/mol. The van der Waals surface area contributed by atoms with Crippen molar-refractivity contribution in [3.8, 4) is 0 Å². The van der Waals surface area contributed by atoms with Crippen molar-refractivity contribution in [3.05, 3.63) is 0 Å². The molecule has 2 saturated heterocycles. The lowest BCUT2D eigenvalue weighted by molar-refractivity contribution is -0.261. The van der Waals surface area contributed by atoms with Crippen LogP contribution in [0, 0.1) is 5.92 Å². The van der Waals surface area contributed by atoms with Gasteiger partial charge in [-0.2, -0.15) is 0 Å². The molecule has 0 aliphatic carbocycles. The Hall–Kier alpha value is -1.04. The van der Waals surface area contributed by atoms with Crippen LogP contribution in [0.5, 0.6) is 0 Å². The van der Waals surface area contributed by atoms with Crippen molar-refractivity contribution in [1.29, 1.82) is 0 Å². The zero-order chi connectivity index (χ0) is 24.1. The van der Waals surface area contributed by atoms with E-state index in [0.29, 0.717) is 0 Å². The highest BCUT2D eigenvalue weighted by Gasteiger charge is 2.53. The van der Waals surface area contributed by atoms with Crippen LogP contribution in [0.4, 0.5) is 0 Å². The van der Waals surface area contributed by atoms with Crippen LogP contribution >= 0.6 is 0 Å². The van der Waals surface area contributed by atoms with E-state index in [1.54, 1.807) is 0 Å². The van der Waals surface area contributed by atoms with Crippen molar-refractivity contribution < 1.29 is 61.0 Å². The minimum absolute atomic E-state index is 0.0392. The maximum atomic E-state index is 12.3. The average Bonchev–Trinajstić information content (AvgIpc) is 2.96. The van der Waals surface area contributed by atoms with E-state index in [0.717, 1.165) is 0 Å². The van der Waals surface area contributed by atoms with Gasteiger partial charge >= 0.3 is 11.9 Å². The molecule has 0 amide bonds. The molecule has 0 spiro atoms. The van der Waals surface area contributed by atoms with Crippen LogP contribution in [0.15, 0.2) is 0 Å². The smallest absolute Gasteiger partial charge is 0.325 e. The molecule has 0 aromatic heterocycles. The number of hydrogen-bond donors (Lipinski definition) is 3. The predicted molar refractivity (Wildman–Crippen MR) is 106 cm³/mol. The molecule has 15 heteroatoms. The number of aliphatic hydroxyl groups is 3. The fourth-order valence-corrected chi connectivity index (χ4v) is 6.69. The van der Waals surface area contributed by atoms with Gasteiger partial charge in [0.05, 0.1) is 26.4 Å². The van der Waals surface area contributed by atoms with Crippen molar-refractivity contribution in [3.63, 3.8) is 0 Å². The van der Waals surface area contributed by atoms with Crippen LogP contribution < -0.4 is 0 Å². The Balaban J connectivity index is 2.26. The largest absolute Gasteiger partial charge is 0.726 e. The number of esters is 2. The van der Waals surface area contributed by atoms with Gasteiger partial charge in [0.1, 0.15) is 35.9 Å². The molecule has 13 nitrogen and oxygen atoms in total. The third kappa shape index (κ3) is 6.98. The van der Waals surface area contributed by atoms with Gasteiger partial charge in [-0.1, -0.05) is 0 Å². The summed E-state index contributed by atoms with van der Waals surface area (Å²) in [5, 5.41) is 28.8. The second-order valence-corrected chi connectivity index (χ2v) is 10.4. The van der Waals surface area contributed by atoms with Crippen LogP contribution in [0.2, 0.25) is 0 Å². The summed E-state index contributed by atoms with van der Waals surface area (Å²) in [5.74, 6) is -3.55. The van der Waals surface area contributed by atoms with E-state index in [4.69, 9.17) is 18.9 Å². The highest BCUT2D eigenvalue weighted by atomic mass is 32.3. The van der Waals surface area contributed by atoms with Crippen LogP contribution in [-0.4, -0.2) is 114 Å². The van der Waals surface area contributed by atoms with Crippen LogP contribution in [-0.2, 0) is 54.0 Å². The molecular formula is C17H28O13S2. The fourth-order valence-electron chi connectivity index (χ4n) is 3.44. The lowest BCUT2D eigenvalue weighted by Crippen LogP contribution is -2.54. The van der Waals surface area contributed by atoms with Gasteiger partial charge in [0, 0.05) is 10.9 Å². The van der Waals surface area contributed by atoms with Crippen LogP contribution in [0.25, 0.3) is 0 Å². The fraction of sp³-hybridized carbons (Fsp3) is 0.882. The van der Waals surface area contributed by atoms with Crippen molar-refractivity contribution in [2.75, 3.05) is 37.9 Å². The Bertz CT molecular complexity index is 727. The highest BCUT2D eigenvalue weighted by Crippen LogP contribution is 2.30. The van der Waals surface area contributed by atoms with Crippen LogP contribution in [0.1, 0.15) is 13.8 Å². The molecule has 3 N–H and O–H groups in total. The molecule has 0 radical (unpaired) electrons. The maximum Gasteiger partial charge on any atom is 0.325 e. The quantitative estimate of drug-likeness (QED) is 0.0897. The molecule has 32 heavy (non-hydrogen) atoms. The van der Waals surface area contributed by atoms with Gasteiger partial charge in [-0.25, -0.2) is 8.42 Å². The molecule has 7 atom stereocenters. The summed E-state index contributed by atoms with van der Waals surface area (Å²) in [7, 11) is -6.02. The van der Waals surface area contributed by atoms with E-state index < -0.39 is 88.3 Å². The molecule has 186 valence electrons. The normalized spacial score (nSPS) is 33.3. The molecule has 2 heterocycles. The van der Waals surface area contributed by atoms with E-state index in [1.807, 2.05) is 0 Å². The third-order valence-corrected chi connectivity index (χ3v) is 8.18. The number of ether oxygens (including phenoxy) is 4. The monoisotopic (exact) mass is 504 g/mol. The predicted octanol–water partition coefficient (Wildman–Crippen LogP) is -2.97. The van der Waals surface area contributed by atoms with E-state index in [9.17, 15) is 37.9 Å². The lowest BCUT2D eigenvalue weighted by Gasteiger charge is -2.37. The van der Waals surface area contributed by atoms with E-state index in [-0.39, 0.29) is 24.7 Å². The van der Waals surface area contributed by atoms with Gasteiger partial charge in [0.15, 0.2) is 11.5 Å². The van der Waals surface area contributed by atoms with E-state index in [1.165, 1.54) is 13.8 Å². The minimum atomic E-state index is -5.16. The van der Waals surface area contributed by atoms with E-state index in [2.05, 4.69) is 4.18 Å². The summed E-state index contributed by atoms with van der Waals surface area (Å²) in [5.41, 5.74) is 0. The molecule has 2 rings (SSSR count). The number of carbonyl (C=O) groups excluding carboxylic acids is 2. The zero-order valence-corrected chi connectivity index (χ0v) is 19.2. The zero-order valence-electron chi connectivity index (χ0n) is 17.5. The van der Waals surface area contributed by atoms with Gasteiger partial charge in [0.2, 0.25) is 16.3 Å². The highest BCUT2D eigenvalue weighted by molar-refractivity contribution is 7.97. The number of rotatable bonds is 10. The second-order valence-electron chi connectivity index (χ2n) is 7.05. The Morgan fingerprint density at radius 3 is 2.28 bits per heavy atom. The summed E-state index contributed by atoms with van der Waals surface area (Å²) in [4.78, 5) is 24.7. The van der Waals surface area contributed by atoms with Gasteiger partial charge in [-0.3, -0.25) is 13.8 Å².